The van der Waals surface area contributed by atoms with Crippen molar-refractivity contribution >= 4 is 23.3 Å². The van der Waals surface area contributed by atoms with E-state index < -0.39 is 11.7 Å². The molecule has 3 nitrogen and oxygen atoms in total. The molecule has 0 saturated carbocycles. The lowest BCUT2D eigenvalue weighted by Gasteiger charge is -2.10. The minimum atomic E-state index is -2.52. The lowest BCUT2D eigenvalue weighted by atomic mass is 10.3. The molecular weight excluding hydrogens is 263 g/mol. The van der Waals surface area contributed by atoms with Crippen molar-refractivity contribution in [3.05, 3.63) is 42.6 Å². The number of nitrogens with zero attached hydrogens (tertiary/aromatic N) is 2. The van der Waals surface area contributed by atoms with E-state index in [9.17, 15) is 13.2 Å². The summed E-state index contributed by atoms with van der Waals surface area (Å²) in [5, 5.41) is 2.77. The van der Waals surface area contributed by atoms with Crippen LogP contribution in [0.25, 0.3) is 0 Å². The molecule has 0 bridgehead atoms. The van der Waals surface area contributed by atoms with Crippen LogP contribution in [0.1, 0.15) is 0 Å². The van der Waals surface area contributed by atoms with E-state index in [4.69, 9.17) is 0 Å². The van der Waals surface area contributed by atoms with Crippen LogP contribution in [0.2, 0.25) is 0 Å². The number of aromatic nitrogens is 2. The van der Waals surface area contributed by atoms with E-state index in [0.717, 1.165) is 12.4 Å². The van der Waals surface area contributed by atoms with Gasteiger partial charge in [-0.1, -0.05) is 23.9 Å². The third-order valence-electron chi connectivity index (χ3n) is 2.00. The van der Waals surface area contributed by atoms with Crippen molar-refractivity contribution in [2.75, 3.05) is 5.32 Å². The Hall–Kier alpha value is -1.76. The van der Waals surface area contributed by atoms with Gasteiger partial charge < -0.3 is 5.32 Å². The van der Waals surface area contributed by atoms with Crippen LogP contribution in [-0.4, -0.2) is 15.7 Å². The van der Waals surface area contributed by atoms with Gasteiger partial charge in [-0.05, 0) is 12.1 Å². The second-order valence-corrected chi connectivity index (χ2v) is 4.26. The average Bonchev–Trinajstić information content (AvgIpc) is 2.31. The highest BCUT2D eigenvalue weighted by atomic mass is 32.2. The summed E-state index contributed by atoms with van der Waals surface area (Å²) in [5.74, 6) is -2.99. The van der Waals surface area contributed by atoms with Crippen LogP contribution in [0.4, 0.5) is 24.7 Å². The van der Waals surface area contributed by atoms with Crippen molar-refractivity contribution in [1.82, 2.24) is 9.97 Å². The molecule has 2 rings (SSSR count). The van der Waals surface area contributed by atoms with Crippen LogP contribution < -0.4 is 5.32 Å². The summed E-state index contributed by atoms with van der Waals surface area (Å²) in [6.07, 6.45) is 1.06. The normalized spacial score (nSPS) is 10.7. The number of thioether (sulfide) groups is 1. The van der Waals surface area contributed by atoms with Crippen LogP contribution in [-0.2, 0) is 0 Å². The second-order valence-electron chi connectivity index (χ2n) is 3.23. The number of hydrogen-bond donors (Lipinski definition) is 1. The van der Waals surface area contributed by atoms with Gasteiger partial charge in [0, 0.05) is 11.0 Å². The van der Waals surface area contributed by atoms with E-state index in [2.05, 4.69) is 15.3 Å². The highest BCUT2D eigenvalue weighted by Gasteiger charge is 2.10. The largest absolute Gasteiger partial charge is 0.339 e. The highest BCUT2D eigenvalue weighted by molar-refractivity contribution is 7.99. The van der Waals surface area contributed by atoms with Gasteiger partial charge in [0.05, 0.1) is 5.69 Å². The Labute approximate surface area is 105 Å². The summed E-state index contributed by atoms with van der Waals surface area (Å²) >= 11 is 0.416. The Morgan fingerprint density at radius 2 is 1.94 bits per heavy atom. The van der Waals surface area contributed by atoms with E-state index >= 15 is 0 Å². The van der Waals surface area contributed by atoms with E-state index in [1.165, 1.54) is 0 Å². The van der Waals surface area contributed by atoms with Gasteiger partial charge in [0.1, 0.15) is 12.1 Å². The van der Waals surface area contributed by atoms with E-state index in [1.807, 2.05) is 0 Å². The molecule has 1 N–H and O–H groups in total. The monoisotopic (exact) mass is 271 g/mol. The molecule has 0 fully saturated rings. The van der Waals surface area contributed by atoms with Crippen molar-refractivity contribution in [2.45, 2.75) is 10.7 Å². The molecule has 2 aromatic rings. The SMILES string of the molecule is Fc1cc(Nc2ccccc2SC(F)F)ncn1. The molecule has 0 aliphatic rings. The van der Waals surface area contributed by atoms with Gasteiger partial charge in [0.15, 0.2) is 0 Å². The molecule has 0 spiro atoms. The third-order valence-corrected chi connectivity index (χ3v) is 2.79. The summed E-state index contributed by atoms with van der Waals surface area (Å²) in [7, 11) is 0. The fourth-order valence-corrected chi connectivity index (χ4v) is 1.90. The zero-order valence-electron chi connectivity index (χ0n) is 8.98. The molecule has 18 heavy (non-hydrogen) atoms. The van der Waals surface area contributed by atoms with Gasteiger partial charge in [-0.15, -0.1) is 0 Å². The standard InChI is InChI=1S/C11H8F3N3S/c12-9-5-10(16-6-15-9)17-7-3-1-2-4-8(7)18-11(13)14/h1-6,11H,(H,15,16,17). The first kappa shape index (κ1) is 12.7. The van der Waals surface area contributed by atoms with Crippen molar-refractivity contribution in [2.24, 2.45) is 0 Å². The van der Waals surface area contributed by atoms with E-state index in [0.29, 0.717) is 22.3 Å². The van der Waals surface area contributed by atoms with E-state index in [1.54, 1.807) is 24.3 Å². The number of nitrogens with one attached hydrogen (secondary N) is 1. The summed E-state index contributed by atoms with van der Waals surface area (Å²) in [5.41, 5.74) is 0.445. The average molecular weight is 271 g/mol. The molecule has 94 valence electrons. The summed E-state index contributed by atoms with van der Waals surface area (Å²) in [6.45, 7) is 0. The summed E-state index contributed by atoms with van der Waals surface area (Å²) in [6, 6.07) is 7.59. The van der Waals surface area contributed by atoms with Crippen molar-refractivity contribution in [3.8, 4) is 0 Å². The Morgan fingerprint density at radius 1 is 1.17 bits per heavy atom. The topological polar surface area (TPSA) is 37.8 Å². The van der Waals surface area contributed by atoms with Crippen molar-refractivity contribution in [1.29, 1.82) is 0 Å². The second kappa shape index (κ2) is 5.72. The number of benzene rings is 1. The Morgan fingerprint density at radius 3 is 2.67 bits per heavy atom. The molecule has 1 aromatic carbocycles. The molecule has 7 heteroatoms. The number of rotatable bonds is 4. The maximum absolute atomic E-state index is 12.9. The van der Waals surface area contributed by atoms with E-state index in [-0.39, 0.29) is 5.82 Å². The Balaban J connectivity index is 2.23. The van der Waals surface area contributed by atoms with Crippen LogP contribution in [0.3, 0.4) is 0 Å². The van der Waals surface area contributed by atoms with Crippen LogP contribution in [0, 0.1) is 5.95 Å². The molecule has 0 unspecified atom stereocenters. The third kappa shape index (κ3) is 3.36. The molecular formula is C11H8F3N3S. The zero-order chi connectivity index (χ0) is 13.0. The fourth-order valence-electron chi connectivity index (χ4n) is 1.31. The minimum absolute atomic E-state index is 0.213. The predicted octanol–water partition coefficient (Wildman–Crippen LogP) is 3.67. The molecule has 1 heterocycles. The maximum Gasteiger partial charge on any atom is 0.288 e. The minimum Gasteiger partial charge on any atom is -0.339 e. The fraction of sp³-hybridized carbons (Fsp3) is 0.0909. The molecule has 0 aliphatic heterocycles. The predicted molar refractivity (Wildman–Crippen MR) is 63.6 cm³/mol. The van der Waals surface area contributed by atoms with Gasteiger partial charge in [-0.3, -0.25) is 0 Å². The van der Waals surface area contributed by atoms with Crippen LogP contribution in [0.15, 0.2) is 41.6 Å². The number of para-hydroxylation sites is 1. The number of anilines is 2. The van der Waals surface area contributed by atoms with Crippen LogP contribution in [0.5, 0.6) is 0 Å². The van der Waals surface area contributed by atoms with Gasteiger partial charge in [0.2, 0.25) is 5.95 Å². The first-order valence-electron chi connectivity index (χ1n) is 4.93. The first-order valence-corrected chi connectivity index (χ1v) is 5.81. The maximum atomic E-state index is 12.9. The number of alkyl halides is 2. The molecule has 0 amide bonds. The summed E-state index contributed by atoms with van der Waals surface area (Å²) < 4.78 is 37.6. The molecule has 0 saturated heterocycles. The smallest absolute Gasteiger partial charge is 0.288 e. The lowest BCUT2D eigenvalue weighted by Crippen LogP contribution is -1.97. The van der Waals surface area contributed by atoms with Crippen molar-refractivity contribution in [3.63, 3.8) is 0 Å². The molecule has 0 radical (unpaired) electrons. The molecule has 1 aromatic heterocycles. The first-order chi connectivity index (χ1) is 8.65. The number of halogens is 3. The lowest BCUT2D eigenvalue weighted by molar-refractivity contribution is 0.252. The molecule has 0 aliphatic carbocycles. The van der Waals surface area contributed by atoms with Gasteiger partial charge in [-0.25, -0.2) is 9.97 Å². The molecule has 0 atom stereocenters. The summed E-state index contributed by atoms with van der Waals surface area (Å²) in [4.78, 5) is 7.47. The Kier molecular flexibility index (Phi) is 4.03. The zero-order valence-corrected chi connectivity index (χ0v) is 9.79. The van der Waals surface area contributed by atoms with Gasteiger partial charge in [0.25, 0.3) is 5.76 Å². The highest BCUT2D eigenvalue weighted by Crippen LogP contribution is 2.32. The van der Waals surface area contributed by atoms with Crippen molar-refractivity contribution < 1.29 is 13.2 Å². The van der Waals surface area contributed by atoms with Crippen LogP contribution >= 0.6 is 11.8 Å². The quantitative estimate of drug-likeness (QED) is 0.680. The van der Waals surface area contributed by atoms with Gasteiger partial charge in [-0.2, -0.15) is 13.2 Å². The van der Waals surface area contributed by atoms with Gasteiger partial charge >= 0.3 is 0 Å². The number of hydrogen-bond acceptors (Lipinski definition) is 4. The Bertz CT molecular complexity index is 536.